The zero-order valence-corrected chi connectivity index (χ0v) is 9.57. The number of ether oxygens (including phenoxy) is 1. The van der Waals surface area contributed by atoms with Gasteiger partial charge >= 0.3 is 6.18 Å². The lowest BCUT2D eigenvalue weighted by Gasteiger charge is -2.12. The molecule has 0 fully saturated rings. The molecule has 0 aliphatic rings. The first-order chi connectivity index (χ1) is 7.90. The summed E-state index contributed by atoms with van der Waals surface area (Å²) < 4.78 is 41.6. The molecule has 0 amide bonds. The third-order valence-corrected chi connectivity index (χ3v) is 2.11. The Morgan fingerprint density at radius 1 is 1.53 bits per heavy atom. The Hall–Kier alpha value is -1.08. The van der Waals surface area contributed by atoms with Crippen molar-refractivity contribution in [3.8, 4) is 0 Å². The van der Waals surface area contributed by atoms with Crippen molar-refractivity contribution in [2.24, 2.45) is 5.73 Å². The van der Waals surface area contributed by atoms with E-state index in [2.05, 4.69) is 9.84 Å². The van der Waals surface area contributed by atoms with E-state index in [0.717, 1.165) is 12.1 Å². The third kappa shape index (κ3) is 5.69. The summed E-state index contributed by atoms with van der Waals surface area (Å²) in [5, 5.41) is 4.05. The molecule has 1 unspecified atom stereocenters. The number of alkyl halides is 3. The maximum Gasteiger partial charge on any atom is 0.411 e. The molecule has 0 aromatic carbocycles. The first kappa shape index (κ1) is 14.0. The van der Waals surface area contributed by atoms with Crippen LogP contribution in [0.2, 0.25) is 0 Å². The van der Waals surface area contributed by atoms with E-state index in [0.29, 0.717) is 6.42 Å². The molecule has 0 radical (unpaired) electrons. The highest BCUT2D eigenvalue weighted by atomic mass is 19.4. The van der Waals surface area contributed by atoms with Crippen molar-refractivity contribution in [3.63, 3.8) is 0 Å². The van der Waals surface area contributed by atoms with Crippen LogP contribution in [-0.2, 0) is 17.7 Å². The zero-order chi connectivity index (χ0) is 12.9. The summed E-state index contributed by atoms with van der Waals surface area (Å²) in [4.78, 5) is 0. The second-order valence-corrected chi connectivity index (χ2v) is 3.80. The lowest BCUT2D eigenvalue weighted by Crippen LogP contribution is -2.31. The summed E-state index contributed by atoms with van der Waals surface area (Å²) in [6, 6.07) is -0.452. The normalized spacial score (nSPS) is 13.9. The van der Waals surface area contributed by atoms with Crippen molar-refractivity contribution < 1.29 is 17.9 Å². The van der Waals surface area contributed by atoms with Crippen molar-refractivity contribution in [1.82, 2.24) is 9.78 Å². The van der Waals surface area contributed by atoms with Gasteiger partial charge in [0.25, 0.3) is 0 Å². The van der Waals surface area contributed by atoms with Crippen molar-refractivity contribution in [2.75, 3.05) is 13.2 Å². The van der Waals surface area contributed by atoms with E-state index in [1.807, 2.05) is 13.1 Å². The van der Waals surface area contributed by atoms with Crippen molar-refractivity contribution >= 4 is 0 Å². The number of halogens is 3. The number of nitrogens with zero attached hydrogens (tertiary/aromatic N) is 2. The Labute approximate surface area is 97.5 Å². The molecule has 4 nitrogen and oxygen atoms in total. The van der Waals surface area contributed by atoms with Gasteiger partial charge in [0.1, 0.15) is 6.61 Å². The Bertz CT molecular complexity index is 338. The van der Waals surface area contributed by atoms with Gasteiger partial charge < -0.3 is 10.5 Å². The van der Waals surface area contributed by atoms with Crippen LogP contribution in [-0.4, -0.2) is 35.2 Å². The van der Waals surface area contributed by atoms with Crippen molar-refractivity contribution in [1.29, 1.82) is 0 Å². The maximum atomic E-state index is 11.8. The number of aryl methyl sites for hydroxylation is 1. The highest BCUT2D eigenvalue weighted by molar-refractivity contribution is 5.05. The molecule has 0 aliphatic heterocycles. The predicted octanol–water partition coefficient (Wildman–Crippen LogP) is 1.35. The summed E-state index contributed by atoms with van der Waals surface area (Å²) in [5.74, 6) is 0. The van der Waals surface area contributed by atoms with Crippen LogP contribution >= 0.6 is 0 Å². The molecule has 0 aliphatic carbocycles. The van der Waals surface area contributed by atoms with Gasteiger partial charge in [0.2, 0.25) is 0 Å². The standard InChI is InChI=1S/C10H16F3N3O/c1-2-16-5-8(4-15-16)3-9(14)6-17-7-10(11,12)13/h4-5,9H,2-3,6-7,14H2,1H3. The van der Waals surface area contributed by atoms with Crippen LogP contribution in [0.1, 0.15) is 12.5 Å². The van der Waals surface area contributed by atoms with Gasteiger partial charge in [0, 0.05) is 18.8 Å². The fourth-order valence-electron chi connectivity index (χ4n) is 1.37. The van der Waals surface area contributed by atoms with Gasteiger partial charge in [-0.1, -0.05) is 0 Å². The molecule has 17 heavy (non-hydrogen) atoms. The van der Waals surface area contributed by atoms with Crippen molar-refractivity contribution in [3.05, 3.63) is 18.0 Å². The van der Waals surface area contributed by atoms with Gasteiger partial charge in [-0.3, -0.25) is 4.68 Å². The maximum absolute atomic E-state index is 11.8. The molecular formula is C10H16F3N3O. The molecule has 1 rings (SSSR count). The molecule has 0 saturated heterocycles. The van der Waals surface area contributed by atoms with E-state index < -0.39 is 18.8 Å². The van der Waals surface area contributed by atoms with Crippen LogP contribution < -0.4 is 5.73 Å². The lowest BCUT2D eigenvalue weighted by atomic mass is 10.1. The van der Waals surface area contributed by atoms with E-state index in [9.17, 15) is 13.2 Å². The highest BCUT2D eigenvalue weighted by Gasteiger charge is 2.27. The van der Waals surface area contributed by atoms with Crippen molar-refractivity contribution in [2.45, 2.75) is 32.1 Å². The molecule has 2 N–H and O–H groups in total. The molecule has 1 aromatic heterocycles. The van der Waals surface area contributed by atoms with E-state index in [4.69, 9.17) is 5.73 Å². The molecule has 1 heterocycles. The Morgan fingerprint density at radius 3 is 2.76 bits per heavy atom. The fraction of sp³-hybridized carbons (Fsp3) is 0.700. The van der Waals surface area contributed by atoms with Crippen LogP contribution in [0.4, 0.5) is 13.2 Å². The molecule has 0 bridgehead atoms. The summed E-state index contributed by atoms with van der Waals surface area (Å²) >= 11 is 0. The van der Waals surface area contributed by atoms with E-state index in [-0.39, 0.29) is 6.61 Å². The van der Waals surface area contributed by atoms with Crippen LogP contribution in [0.3, 0.4) is 0 Å². The Balaban J connectivity index is 2.27. The second-order valence-electron chi connectivity index (χ2n) is 3.80. The number of aromatic nitrogens is 2. The molecule has 1 atom stereocenters. The highest BCUT2D eigenvalue weighted by Crippen LogP contribution is 2.14. The average Bonchev–Trinajstić information content (AvgIpc) is 2.63. The number of nitrogens with two attached hydrogens (primary N) is 1. The van der Waals surface area contributed by atoms with E-state index in [1.54, 1.807) is 10.9 Å². The largest absolute Gasteiger partial charge is 0.411 e. The number of hydrogen-bond donors (Lipinski definition) is 1. The first-order valence-electron chi connectivity index (χ1n) is 5.32. The number of hydrogen-bond acceptors (Lipinski definition) is 3. The van der Waals surface area contributed by atoms with Gasteiger partial charge in [-0.05, 0) is 18.9 Å². The van der Waals surface area contributed by atoms with Crippen LogP contribution in [0.5, 0.6) is 0 Å². The molecule has 7 heteroatoms. The minimum absolute atomic E-state index is 0.114. The average molecular weight is 251 g/mol. The number of rotatable bonds is 6. The molecule has 0 saturated carbocycles. The van der Waals surface area contributed by atoms with Gasteiger partial charge in [-0.15, -0.1) is 0 Å². The second kappa shape index (κ2) is 6.02. The SMILES string of the molecule is CCn1cc(CC(N)COCC(F)(F)F)cn1. The topological polar surface area (TPSA) is 53.1 Å². The molecule has 98 valence electrons. The monoisotopic (exact) mass is 251 g/mol. The Morgan fingerprint density at radius 2 is 2.24 bits per heavy atom. The van der Waals surface area contributed by atoms with Gasteiger partial charge in [-0.2, -0.15) is 18.3 Å². The fourth-order valence-corrected chi connectivity index (χ4v) is 1.37. The van der Waals surface area contributed by atoms with Gasteiger partial charge in [0.15, 0.2) is 0 Å². The summed E-state index contributed by atoms with van der Waals surface area (Å²) in [6.45, 7) is 1.33. The first-order valence-corrected chi connectivity index (χ1v) is 5.32. The smallest absolute Gasteiger partial charge is 0.370 e. The Kier molecular flexibility index (Phi) is 4.95. The van der Waals surface area contributed by atoms with E-state index in [1.165, 1.54) is 0 Å². The zero-order valence-electron chi connectivity index (χ0n) is 9.57. The van der Waals surface area contributed by atoms with E-state index >= 15 is 0 Å². The molecule has 1 aromatic rings. The van der Waals surface area contributed by atoms with Gasteiger partial charge in [0.05, 0.1) is 12.8 Å². The summed E-state index contributed by atoms with van der Waals surface area (Å²) in [5.41, 5.74) is 6.55. The third-order valence-electron chi connectivity index (χ3n) is 2.11. The van der Waals surface area contributed by atoms with Crippen LogP contribution in [0, 0.1) is 0 Å². The molecule has 0 spiro atoms. The lowest BCUT2D eigenvalue weighted by molar-refractivity contribution is -0.174. The minimum Gasteiger partial charge on any atom is -0.370 e. The summed E-state index contributed by atoms with van der Waals surface area (Å²) in [6.07, 6.45) is -0.360. The summed E-state index contributed by atoms with van der Waals surface area (Å²) in [7, 11) is 0. The quantitative estimate of drug-likeness (QED) is 0.830. The minimum atomic E-state index is -4.30. The van der Waals surface area contributed by atoms with Gasteiger partial charge in [-0.25, -0.2) is 0 Å². The molecular weight excluding hydrogens is 235 g/mol. The predicted molar refractivity (Wildman–Crippen MR) is 56.5 cm³/mol. The van der Waals surface area contributed by atoms with Crippen LogP contribution in [0.25, 0.3) is 0 Å². The van der Waals surface area contributed by atoms with Crippen LogP contribution in [0.15, 0.2) is 12.4 Å².